The molecule has 27 heavy (non-hydrogen) atoms. The highest BCUT2D eigenvalue weighted by Crippen LogP contribution is 2.33. The van der Waals surface area contributed by atoms with Gasteiger partial charge in [0, 0.05) is 25.5 Å². The van der Waals surface area contributed by atoms with Gasteiger partial charge in [0.05, 0.1) is 17.1 Å². The molecule has 1 aliphatic heterocycles. The molecule has 0 radical (unpaired) electrons. The lowest BCUT2D eigenvalue weighted by Crippen LogP contribution is -2.17. The summed E-state index contributed by atoms with van der Waals surface area (Å²) in [6, 6.07) is 11.5. The molecule has 2 aromatic heterocycles. The monoisotopic (exact) mass is 383 g/mol. The normalized spacial score (nSPS) is 13.7. The summed E-state index contributed by atoms with van der Waals surface area (Å²) in [6.07, 6.45) is 2.36. The predicted octanol–water partition coefficient (Wildman–Crippen LogP) is 2.93. The van der Waals surface area contributed by atoms with Gasteiger partial charge in [-0.3, -0.25) is 9.40 Å². The number of rotatable bonds is 4. The molecule has 0 atom stereocenters. The van der Waals surface area contributed by atoms with Crippen LogP contribution in [0.3, 0.4) is 0 Å². The number of sulfonamides is 1. The number of pyridine rings is 1. The standard InChI is InChI=1S/C19H21N5O2S/c1-13-19(14(2)23(3)21-13)22-27(25,26)16-8-9-18(20-12-16)24-11-10-15-6-4-5-7-17(15)24/h4-9,12,22H,10-11H2,1-3H3. The van der Waals surface area contributed by atoms with E-state index >= 15 is 0 Å². The summed E-state index contributed by atoms with van der Waals surface area (Å²) < 4.78 is 29.8. The summed E-state index contributed by atoms with van der Waals surface area (Å²) in [5, 5.41) is 4.24. The van der Waals surface area contributed by atoms with Crippen LogP contribution < -0.4 is 9.62 Å². The molecular formula is C19H21N5O2S. The van der Waals surface area contributed by atoms with Crippen molar-refractivity contribution in [2.45, 2.75) is 25.2 Å². The molecule has 0 saturated carbocycles. The first-order valence-corrected chi connectivity index (χ1v) is 10.2. The third-order valence-electron chi connectivity index (χ3n) is 4.94. The first kappa shape index (κ1) is 17.5. The summed E-state index contributed by atoms with van der Waals surface area (Å²) in [7, 11) is -1.95. The molecule has 0 aliphatic carbocycles. The Morgan fingerprint density at radius 1 is 1.11 bits per heavy atom. The maximum absolute atomic E-state index is 12.7. The topological polar surface area (TPSA) is 80.1 Å². The molecular weight excluding hydrogens is 362 g/mol. The Labute approximate surface area is 158 Å². The predicted molar refractivity (Wildman–Crippen MR) is 105 cm³/mol. The van der Waals surface area contributed by atoms with Crippen LogP contribution in [0.15, 0.2) is 47.5 Å². The molecule has 3 heterocycles. The van der Waals surface area contributed by atoms with Gasteiger partial charge in [-0.1, -0.05) is 18.2 Å². The fourth-order valence-corrected chi connectivity index (χ4v) is 4.50. The van der Waals surface area contributed by atoms with E-state index in [0.29, 0.717) is 11.4 Å². The molecule has 1 aromatic carbocycles. The number of hydrogen-bond donors (Lipinski definition) is 1. The zero-order valence-corrected chi connectivity index (χ0v) is 16.3. The van der Waals surface area contributed by atoms with Gasteiger partial charge in [0.25, 0.3) is 10.0 Å². The summed E-state index contributed by atoms with van der Waals surface area (Å²) in [6.45, 7) is 4.44. The van der Waals surface area contributed by atoms with Crippen LogP contribution in [0.1, 0.15) is 17.0 Å². The average molecular weight is 383 g/mol. The number of hydrogen-bond acceptors (Lipinski definition) is 5. The molecule has 0 spiro atoms. The molecule has 0 bridgehead atoms. The van der Waals surface area contributed by atoms with E-state index in [0.717, 1.165) is 30.2 Å². The van der Waals surface area contributed by atoms with Gasteiger partial charge in [-0.25, -0.2) is 13.4 Å². The number of fused-ring (bicyclic) bond motifs is 1. The van der Waals surface area contributed by atoms with Crippen molar-refractivity contribution in [1.29, 1.82) is 0 Å². The van der Waals surface area contributed by atoms with Gasteiger partial charge < -0.3 is 4.90 Å². The van der Waals surface area contributed by atoms with E-state index in [-0.39, 0.29) is 4.90 Å². The molecule has 8 heteroatoms. The van der Waals surface area contributed by atoms with Crippen LogP contribution >= 0.6 is 0 Å². The number of nitrogens with one attached hydrogen (secondary N) is 1. The van der Waals surface area contributed by atoms with Crippen LogP contribution in [0, 0.1) is 13.8 Å². The van der Waals surface area contributed by atoms with Crippen molar-refractivity contribution in [2.24, 2.45) is 7.05 Å². The first-order chi connectivity index (χ1) is 12.9. The largest absolute Gasteiger partial charge is 0.326 e. The van der Waals surface area contributed by atoms with Crippen molar-refractivity contribution in [3.8, 4) is 0 Å². The third-order valence-corrected chi connectivity index (χ3v) is 6.28. The fraction of sp³-hybridized carbons (Fsp3) is 0.263. The van der Waals surface area contributed by atoms with Crippen LogP contribution in [0.2, 0.25) is 0 Å². The number of aryl methyl sites for hydroxylation is 2. The van der Waals surface area contributed by atoms with Crippen molar-refractivity contribution >= 4 is 27.2 Å². The van der Waals surface area contributed by atoms with Crippen molar-refractivity contribution in [1.82, 2.24) is 14.8 Å². The van der Waals surface area contributed by atoms with Gasteiger partial charge in [-0.05, 0) is 44.0 Å². The maximum Gasteiger partial charge on any atom is 0.263 e. The Hall–Kier alpha value is -2.87. The Kier molecular flexibility index (Phi) is 4.15. The molecule has 140 valence electrons. The van der Waals surface area contributed by atoms with Gasteiger partial charge in [0.15, 0.2) is 0 Å². The van der Waals surface area contributed by atoms with Crippen molar-refractivity contribution in [2.75, 3.05) is 16.2 Å². The SMILES string of the molecule is Cc1nn(C)c(C)c1NS(=O)(=O)c1ccc(N2CCc3ccccc32)nc1. The van der Waals surface area contributed by atoms with E-state index in [1.54, 1.807) is 30.8 Å². The van der Waals surface area contributed by atoms with Gasteiger partial charge in [0.1, 0.15) is 10.7 Å². The van der Waals surface area contributed by atoms with E-state index in [1.807, 2.05) is 19.1 Å². The van der Waals surface area contributed by atoms with E-state index in [4.69, 9.17) is 0 Å². The second kappa shape index (κ2) is 6.38. The number of para-hydroxylation sites is 1. The number of aromatic nitrogens is 3. The van der Waals surface area contributed by atoms with E-state index in [1.165, 1.54) is 11.8 Å². The highest BCUT2D eigenvalue weighted by atomic mass is 32.2. The van der Waals surface area contributed by atoms with Gasteiger partial charge in [-0.2, -0.15) is 5.10 Å². The Bertz CT molecular complexity index is 1100. The zero-order chi connectivity index (χ0) is 19.2. The second-order valence-electron chi connectivity index (χ2n) is 6.66. The number of nitrogens with zero attached hydrogens (tertiary/aromatic N) is 4. The van der Waals surface area contributed by atoms with E-state index in [9.17, 15) is 8.42 Å². The maximum atomic E-state index is 12.7. The van der Waals surface area contributed by atoms with Crippen LogP contribution in [-0.4, -0.2) is 29.7 Å². The Morgan fingerprint density at radius 3 is 2.56 bits per heavy atom. The minimum Gasteiger partial charge on any atom is -0.326 e. The number of benzene rings is 1. The van der Waals surface area contributed by atoms with Crippen molar-refractivity contribution < 1.29 is 8.42 Å². The quantitative estimate of drug-likeness (QED) is 0.749. The molecule has 0 amide bonds. The Balaban J connectivity index is 1.60. The molecule has 7 nitrogen and oxygen atoms in total. The smallest absolute Gasteiger partial charge is 0.263 e. The van der Waals surface area contributed by atoms with Crippen molar-refractivity contribution in [3.05, 3.63) is 59.5 Å². The minimum absolute atomic E-state index is 0.126. The van der Waals surface area contributed by atoms with Gasteiger partial charge in [0.2, 0.25) is 0 Å². The van der Waals surface area contributed by atoms with Crippen LogP contribution in [0.4, 0.5) is 17.2 Å². The van der Waals surface area contributed by atoms with Crippen LogP contribution in [0.25, 0.3) is 0 Å². The molecule has 0 fully saturated rings. The molecule has 1 aliphatic rings. The summed E-state index contributed by atoms with van der Waals surface area (Å²) in [5.41, 5.74) is 4.31. The molecule has 4 rings (SSSR count). The lowest BCUT2D eigenvalue weighted by Gasteiger charge is -2.18. The molecule has 0 unspecified atom stereocenters. The molecule has 1 N–H and O–H groups in total. The van der Waals surface area contributed by atoms with Gasteiger partial charge >= 0.3 is 0 Å². The Morgan fingerprint density at radius 2 is 1.89 bits per heavy atom. The van der Waals surface area contributed by atoms with Gasteiger partial charge in [-0.15, -0.1) is 0 Å². The highest BCUT2D eigenvalue weighted by molar-refractivity contribution is 7.92. The van der Waals surface area contributed by atoms with Crippen LogP contribution in [-0.2, 0) is 23.5 Å². The lowest BCUT2D eigenvalue weighted by molar-refractivity contribution is 0.600. The molecule has 0 saturated heterocycles. The highest BCUT2D eigenvalue weighted by Gasteiger charge is 2.23. The van der Waals surface area contributed by atoms with E-state index in [2.05, 4.69) is 31.8 Å². The van der Waals surface area contributed by atoms with Crippen molar-refractivity contribution in [3.63, 3.8) is 0 Å². The first-order valence-electron chi connectivity index (χ1n) is 8.71. The fourth-order valence-electron chi connectivity index (χ4n) is 3.38. The summed E-state index contributed by atoms with van der Waals surface area (Å²) in [4.78, 5) is 6.64. The zero-order valence-electron chi connectivity index (χ0n) is 15.5. The van der Waals surface area contributed by atoms with E-state index < -0.39 is 10.0 Å². The van der Waals surface area contributed by atoms with Crippen LogP contribution in [0.5, 0.6) is 0 Å². The minimum atomic E-state index is -3.73. The average Bonchev–Trinajstić information content (AvgIpc) is 3.18. The lowest BCUT2D eigenvalue weighted by atomic mass is 10.2. The summed E-state index contributed by atoms with van der Waals surface area (Å²) >= 11 is 0. The third kappa shape index (κ3) is 3.06. The number of anilines is 3. The molecule has 3 aromatic rings. The second-order valence-corrected chi connectivity index (χ2v) is 8.34. The summed E-state index contributed by atoms with van der Waals surface area (Å²) in [5.74, 6) is 0.743.